The van der Waals surface area contributed by atoms with Crippen molar-refractivity contribution in [2.75, 3.05) is 0 Å². The first-order valence-corrected chi connectivity index (χ1v) is 5.12. The third kappa shape index (κ3) is 9.93. The van der Waals surface area contributed by atoms with Gasteiger partial charge in [0.05, 0.1) is 0 Å². The lowest BCUT2D eigenvalue weighted by Crippen LogP contribution is -0.972. The molecule has 26 valence electrons. The van der Waals surface area contributed by atoms with E-state index < -0.39 is 5.68 Å². The molecule has 0 aliphatic rings. The van der Waals surface area contributed by atoms with Crippen LogP contribution in [-0.2, 0) is 0 Å². The SMILES string of the molecule is SP(S)Cl. The molecule has 0 radical (unpaired) electrons. The van der Waals surface area contributed by atoms with Crippen molar-refractivity contribution in [3.05, 3.63) is 0 Å². The Bertz CT molecular complexity index is 10.8. The van der Waals surface area contributed by atoms with Gasteiger partial charge in [0.2, 0.25) is 0 Å². The van der Waals surface area contributed by atoms with Crippen molar-refractivity contribution in [2.45, 2.75) is 0 Å². The first-order valence-electron chi connectivity index (χ1n) is 0.569. The highest BCUT2D eigenvalue weighted by Crippen LogP contribution is 2.50. The van der Waals surface area contributed by atoms with E-state index in [0.717, 1.165) is 0 Å². The van der Waals surface area contributed by atoms with E-state index in [1.54, 1.807) is 0 Å². The third-order valence-electron chi connectivity index (χ3n) is 0. The molecule has 0 N–H and O–H groups in total. The summed E-state index contributed by atoms with van der Waals surface area (Å²) in [5, 5.41) is 0. The highest BCUT2D eigenvalue weighted by molar-refractivity contribution is 8.85. The molecule has 0 spiro atoms. The second kappa shape index (κ2) is 2.65. The third-order valence-corrected chi connectivity index (χ3v) is 0. The van der Waals surface area contributed by atoms with E-state index >= 15 is 0 Å². The minimum Gasteiger partial charge on any atom is -0.125 e. The summed E-state index contributed by atoms with van der Waals surface area (Å²) < 4.78 is 0. The van der Waals surface area contributed by atoms with Crippen LogP contribution in [0.3, 0.4) is 0 Å². The molecular weight excluding hydrogens is 131 g/mol. The maximum absolute atomic E-state index is 5.07. The minimum atomic E-state index is -0.759. The Labute approximate surface area is 41.8 Å². The molecule has 0 aromatic rings. The maximum atomic E-state index is 5.07. The largest absolute Gasteiger partial charge is 0.125 e. The zero-order valence-corrected chi connectivity index (χ0v) is 5.16. The molecule has 0 aliphatic carbocycles. The van der Waals surface area contributed by atoms with E-state index in [9.17, 15) is 0 Å². The molecule has 0 rings (SSSR count). The van der Waals surface area contributed by atoms with Gasteiger partial charge in [0.1, 0.15) is 5.68 Å². The Morgan fingerprint density at radius 3 is 1.50 bits per heavy atom. The normalized spacial score (nSPS) is 9.00. The van der Waals surface area contributed by atoms with Gasteiger partial charge < -0.3 is 0 Å². The van der Waals surface area contributed by atoms with Crippen LogP contribution in [0.5, 0.6) is 0 Å². The summed E-state index contributed by atoms with van der Waals surface area (Å²) in [5.74, 6) is 0. The second-order valence-electron chi connectivity index (χ2n) is 0.241. The molecule has 0 fully saturated rings. The molecular formula is H2ClPS2. The number of halogens is 1. The predicted molar refractivity (Wildman–Crippen MR) is 30.7 cm³/mol. The van der Waals surface area contributed by atoms with Crippen LogP contribution in [0.1, 0.15) is 0 Å². The Morgan fingerprint density at radius 2 is 1.50 bits per heavy atom. The molecule has 0 nitrogen and oxygen atoms in total. The van der Waals surface area contributed by atoms with Crippen LogP contribution in [0, 0.1) is 0 Å². The Balaban J connectivity index is 2.32. The van der Waals surface area contributed by atoms with E-state index in [2.05, 4.69) is 24.5 Å². The number of hydrogen-bond acceptors (Lipinski definition) is 2. The highest BCUT2D eigenvalue weighted by Gasteiger charge is 1.73. The van der Waals surface area contributed by atoms with E-state index in [0.29, 0.717) is 0 Å². The van der Waals surface area contributed by atoms with Gasteiger partial charge in [0, 0.05) is 0 Å². The van der Waals surface area contributed by atoms with Crippen molar-refractivity contribution in [1.29, 1.82) is 0 Å². The highest BCUT2D eigenvalue weighted by atomic mass is 35.7. The number of thiol groups is 2. The molecule has 0 aromatic heterocycles. The lowest BCUT2D eigenvalue weighted by Gasteiger charge is -1.74. The summed E-state index contributed by atoms with van der Waals surface area (Å²) in [6.45, 7) is 0. The minimum absolute atomic E-state index is 0.759. The summed E-state index contributed by atoms with van der Waals surface area (Å²) >= 11 is 12.4. The summed E-state index contributed by atoms with van der Waals surface area (Å²) in [5.41, 5.74) is -0.759. The molecule has 4 heavy (non-hydrogen) atoms. The van der Waals surface area contributed by atoms with Crippen LogP contribution in [0.4, 0.5) is 0 Å². The van der Waals surface area contributed by atoms with Crippen molar-refractivity contribution in [3.63, 3.8) is 0 Å². The monoisotopic (exact) mass is 132 g/mol. The Kier molecular flexibility index (Phi) is 3.59. The van der Waals surface area contributed by atoms with Crippen molar-refractivity contribution in [1.82, 2.24) is 0 Å². The fourth-order valence-corrected chi connectivity index (χ4v) is 0. The van der Waals surface area contributed by atoms with E-state index in [-0.39, 0.29) is 0 Å². The van der Waals surface area contributed by atoms with Crippen molar-refractivity contribution >= 4 is 41.4 Å². The molecule has 0 bridgehead atoms. The van der Waals surface area contributed by atoms with Crippen molar-refractivity contribution in [2.24, 2.45) is 0 Å². The number of hydrogen-bond donors (Lipinski definition) is 2. The topological polar surface area (TPSA) is 0 Å². The van der Waals surface area contributed by atoms with E-state index in [1.165, 1.54) is 0 Å². The lowest BCUT2D eigenvalue weighted by molar-refractivity contribution is 4.99. The van der Waals surface area contributed by atoms with Crippen LogP contribution >= 0.6 is 41.4 Å². The van der Waals surface area contributed by atoms with E-state index in [1.807, 2.05) is 0 Å². The van der Waals surface area contributed by atoms with Gasteiger partial charge in [-0.1, -0.05) is 11.2 Å². The fourth-order valence-electron chi connectivity index (χ4n) is 0. The van der Waals surface area contributed by atoms with Crippen molar-refractivity contribution < 1.29 is 0 Å². The smallest absolute Gasteiger partial charge is 0.103 e. The van der Waals surface area contributed by atoms with Gasteiger partial charge in [0.25, 0.3) is 0 Å². The molecule has 0 amide bonds. The van der Waals surface area contributed by atoms with Gasteiger partial charge >= 0.3 is 0 Å². The standard InChI is InChI=1S/ClH2PS2/c1-2(3)4/h3-4H. The first kappa shape index (κ1) is 5.42. The average molecular weight is 133 g/mol. The Morgan fingerprint density at radius 1 is 1.50 bits per heavy atom. The molecule has 4 heteroatoms. The van der Waals surface area contributed by atoms with Gasteiger partial charge in [-0.3, -0.25) is 0 Å². The van der Waals surface area contributed by atoms with Gasteiger partial charge in [-0.05, 0) is 0 Å². The molecule has 0 unspecified atom stereocenters. The average Bonchev–Trinajstić information content (AvgIpc) is 0.811. The molecule has 0 saturated heterocycles. The summed E-state index contributed by atoms with van der Waals surface area (Å²) in [6.07, 6.45) is 0. The van der Waals surface area contributed by atoms with Gasteiger partial charge in [0.15, 0.2) is 0 Å². The van der Waals surface area contributed by atoms with Crippen LogP contribution in [-0.4, -0.2) is 0 Å². The van der Waals surface area contributed by atoms with Gasteiger partial charge in [-0.25, -0.2) is 0 Å². The number of rotatable bonds is 0. The molecule has 0 aromatic carbocycles. The quantitative estimate of drug-likeness (QED) is 0.367. The maximum Gasteiger partial charge on any atom is 0.103 e. The lowest BCUT2D eigenvalue weighted by atomic mass is 29.9. The van der Waals surface area contributed by atoms with E-state index in [4.69, 9.17) is 11.2 Å². The molecule has 0 heterocycles. The van der Waals surface area contributed by atoms with Crippen LogP contribution in [0.2, 0.25) is 0 Å². The molecule has 0 saturated carbocycles. The van der Waals surface area contributed by atoms with Gasteiger partial charge in [-0.2, -0.15) is 0 Å². The zero-order chi connectivity index (χ0) is 3.58. The second-order valence-corrected chi connectivity index (χ2v) is 6.50. The summed E-state index contributed by atoms with van der Waals surface area (Å²) in [4.78, 5) is 0. The fraction of sp³-hybridized carbons (Fsp3) is 0. The summed E-state index contributed by atoms with van der Waals surface area (Å²) in [6, 6.07) is 0. The zero-order valence-electron chi connectivity index (χ0n) is 1.72. The Hall–Kier alpha value is 1.42. The summed E-state index contributed by atoms with van der Waals surface area (Å²) in [7, 11) is 0. The molecule has 0 aliphatic heterocycles. The first-order chi connectivity index (χ1) is 1.73. The molecule has 0 atom stereocenters. The van der Waals surface area contributed by atoms with Crippen LogP contribution < -0.4 is 0 Å². The predicted octanol–water partition coefficient (Wildman–Crippen LogP) is 2.31. The van der Waals surface area contributed by atoms with Crippen LogP contribution in [0.25, 0.3) is 0 Å². The van der Waals surface area contributed by atoms with Gasteiger partial charge in [-0.15, -0.1) is 24.5 Å². The van der Waals surface area contributed by atoms with Crippen LogP contribution in [0.15, 0.2) is 0 Å². The van der Waals surface area contributed by atoms with Crippen molar-refractivity contribution in [3.8, 4) is 0 Å².